The van der Waals surface area contributed by atoms with E-state index < -0.39 is 0 Å². The van der Waals surface area contributed by atoms with E-state index in [2.05, 4.69) is 15.6 Å². The Bertz CT molecular complexity index is 547. The van der Waals surface area contributed by atoms with Gasteiger partial charge < -0.3 is 15.5 Å². The molecule has 6 nitrogen and oxygen atoms in total. The molecule has 112 valence electrons. The lowest BCUT2D eigenvalue weighted by molar-refractivity contribution is -0.116. The van der Waals surface area contributed by atoms with Crippen LogP contribution in [0.15, 0.2) is 18.3 Å². The van der Waals surface area contributed by atoms with Crippen molar-refractivity contribution in [1.29, 1.82) is 0 Å². The maximum atomic E-state index is 11.9. The van der Waals surface area contributed by atoms with E-state index in [9.17, 15) is 9.59 Å². The molecule has 1 aromatic rings. The summed E-state index contributed by atoms with van der Waals surface area (Å²) in [5.74, 6) is 2.17. The highest BCUT2D eigenvalue weighted by Crippen LogP contribution is 2.51. The lowest BCUT2D eigenvalue weighted by Crippen LogP contribution is -2.37. The normalized spacial score (nSPS) is 25.9. The standard InChI is InChI=1S/C15H20N4O2/c1-9(20)19(2)14-4-3-12(8-16-14)17-15(21)18-13-6-10-5-11(10)7-13/h3-4,8,10-11,13H,5-7H2,1-2H3,(H2,17,18,21). The SMILES string of the molecule is CC(=O)N(C)c1ccc(NC(=O)NC2CC3CC3C2)cn1. The molecule has 2 unspecified atom stereocenters. The van der Waals surface area contributed by atoms with Gasteiger partial charge in [-0.3, -0.25) is 4.79 Å². The number of pyridine rings is 1. The molecule has 6 heteroatoms. The van der Waals surface area contributed by atoms with Crippen LogP contribution in [-0.4, -0.2) is 30.0 Å². The number of nitrogens with zero attached hydrogens (tertiary/aromatic N) is 2. The molecule has 2 atom stereocenters. The van der Waals surface area contributed by atoms with Gasteiger partial charge in [0.25, 0.3) is 0 Å². The molecule has 21 heavy (non-hydrogen) atoms. The number of amides is 3. The van der Waals surface area contributed by atoms with Crippen LogP contribution in [0.1, 0.15) is 26.2 Å². The second-order valence-corrected chi connectivity index (χ2v) is 6.01. The molecule has 0 bridgehead atoms. The van der Waals surface area contributed by atoms with E-state index in [0.717, 1.165) is 24.7 Å². The van der Waals surface area contributed by atoms with E-state index in [1.165, 1.54) is 18.2 Å². The number of anilines is 2. The van der Waals surface area contributed by atoms with Crippen LogP contribution >= 0.6 is 0 Å². The molecule has 2 fully saturated rings. The summed E-state index contributed by atoms with van der Waals surface area (Å²) >= 11 is 0. The van der Waals surface area contributed by atoms with Crippen molar-refractivity contribution in [3.05, 3.63) is 18.3 Å². The molecule has 0 aromatic carbocycles. The summed E-state index contributed by atoms with van der Waals surface area (Å²) in [4.78, 5) is 28.8. The van der Waals surface area contributed by atoms with Crippen molar-refractivity contribution >= 4 is 23.4 Å². The van der Waals surface area contributed by atoms with Gasteiger partial charge in [0.05, 0.1) is 11.9 Å². The van der Waals surface area contributed by atoms with Crippen LogP contribution in [0.2, 0.25) is 0 Å². The Morgan fingerprint density at radius 3 is 2.52 bits per heavy atom. The number of hydrogen-bond donors (Lipinski definition) is 2. The Labute approximate surface area is 123 Å². The number of hydrogen-bond acceptors (Lipinski definition) is 3. The van der Waals surface area contributed by atoms with Crippen molar-refractivity contribution in [2.75, 3.05) is 17.3 Å². The lowest BCUT2D eigenvalue weighted by atomic mass is 10.2. The molecule has 3 amide bonds. The fourth-order valence-corrected chi connectivity index (χ4v) is 3.00. The first-order chi connectivity index (χ1) is 10.0. The third-order valence-corrected chi connectivity index (χ3v) is 4.40. The van der Waals surface area contributed by atoms with Crippen molar-refractivity contribution in [2.45, 2.75) is 32.2 Å². The van der Waals surface area contributed by atoms with Gasteiger partial charge >= 0.3 is 6.03 Å². The van der Waals surface area contributed by atoms with Crippen molar-refractivity contribution < 1.29 is 9.59 Å². The van der Waals surface area contributed by atoms with Crippen LogP contribution in [0.3, 0.4) is 0 Å². The maximum absolute atomic E-state index is 11.9. The molecule has 2 aliphatic rings. The molecule has 2 N–H and O–H groups in total. The summed E-state index contributed by atoms with van der Waals surface area (Å²) in [6.07, 6.45) is 5.12. The Morgan fingerprint density at radius 2 is 1.95 bits per heavy atom. The van der Waals surface area contributed by atoms with Crippen LogP contribution in [0.25, 0.3) is 0 Å². The highest BCUT2D eigenvalue weighted by molar-refractivity contribution is 5.91. The third kappa shape index (κ3) is 3.15. The quantitative estimate of drug-likeness (QED) is 0.893. The number of urea groups is 1. The first kappa shape index (κ1) is 13.9. The smallest absolute Gasteiger partial charge is 0.319 e. The first-order valence-corrected chi connectivity index (χ1v) is 7.31. The zero-order chi connectivity index (χ0) is 15.0. The number of rotatable bonds is 3. The van der Waals surface area contributed by atoms with Gasteiger partial charge in [-0.2, -0.15) is 0 Å². The molecule has 3 rings (SSSR count). The molecule has 0 saturated heterocycles. The Kier molecular flexibility index (Phi) is 3.53. The highest BCUT2D eigenvalue weighted by Gasteiger charge is 2.46. The third-order valence-electron chi connectivity index (χ3n) is 4.40. The molecular weight excluding hydrogens is 268 g/mol. The lowest BCUT2D eigenvalue weighted by Gasteiger charge is -2.16. The topological polar surface area (TPSA) is 74.3 Å². The minimum absolute atomic E-state index is 0.0826. The van der Waals surface area contributed by atoms with Gasteiger partial charge in [0.1, 0.15) is 5.82 Å². The molecular formula is C15H20N4O2. The summed E-state index contributed by atoms with van der Waals surface area (Å²) in [5.41, 5.74) is 0.622. The predicted molar refractivity (Wildman–Crippen MR) is 80.1 cm³/mol. The van der Waals surface area contributed by atoms with Crippen LogP contribution in [-0.2, 0) is 4.79 Å². The Hall–Kier alpha value is -2.11. The summed E-state index contributed by atoms with van der Waals surface area (Å²) in [7, 11) is 1.66. The summed E-state index contributed by atoms with van der Waals surface area (Å²) in [6, 6.07) is 3.58. The molecule has 1 aromatic heterocycles. The predicted octanol–water partition coefficient (Wildman–Crippen LogP) is 1.98. The summed E-state index contributed by atoms with van der Waals surface area (Å²) < 4.78 is 0. The first-order valence-electron chi connectivity index (χ1n) is 7.31. The summed E-state index contributed by atoms with van der Waals surface area (Å²) in [6.45, 7) is 1.48. The van der Waals surface area contributed by atoms with Crippen LogP contribution in [0.4, 0.5) is 16.3 Å². The van der Waals surface area contributed by atoms with E-state index in [1.807, 2.05) is 0 Å². The Balaban J connectivity index is 1.52. The van der Waals surface area contributed by atoms with Crippen molar-refractivity contribution in [3.63, 3.8) is 0 Å². The molecule has 2 aliphatic carbocycles. The molecule has 0 aliphatic heterocycles. The molecule has 0 spiro atoms. The average molecular weight is 288 g/mol. The average Bonchev–Trinajstić information content (AvgIpc) is 3.06. The second kappa shape index (κ2) is 5.35. The second-order valence-electron chi connectivity index (χ2n) is 6.01. The molecule has 1 heterocycles. The van der Waals surface area contributed by atoms with Gasteiger partial charge in [-0.15, -0.1) is 0 Å². The van der Waals surface area contributed by atoms with E-state index in [4.69, 9.17) is 0 Å². The molecule has 2 saturated carbocycles. The van der Waals surface area contributed by atoms with E-state index in [0.29, 0.717) is 17.5 Å². The van der Waals surface area contributed by atoms with E-state index >= 15 is 0 Å². The van der Waals surface area contributed by atoms with Gasteiger partial charge in [-0.1, -0.05) is 0 Å². The largest absolute Gasteiger partial charge is 0.335 e. The van der Waals surface area contributed by atoms with Crippen molar-refractivity contribution in [2.24, 2.45) is 11.8 Å². The number of aromatic nitrogens is 1. The minimum Gasteiger partial charge on any atom is -0.335 e. The monoisotopic (exact) mass is 288 g/mol. The van der Waals surface area contributed by atoms with Crippen LogP contribution < -0.4 is 15.5 Å². The van der Waals surface area contributed by atoms with Gasteiger partial charge in [-0.05, 0) is 43.2 Å². The van der Waals surface area contributed by atoms with Gasteiger partial charge in [0.15, 0.2) is 0 Å². The number of fused-ring (bicyclic) bond motifs is 1. The van der Waals surface area contributed by atoms with Crippen LogP contribution in [0, 0.1) is 11.8 Å². The maximum Gasteiger partial charge on any atom is 0.319 e. The van der Waals surface area contributed by atoms with Crippen molar-refractivity contribution in [3.8, 4) is 0 Å². The summed E-state index contributed by atoms with van der Waals surface area (Å²) in [5, 5.41) is 5.78. The van der Waals surface area contributed by atoms with Crippen molar-refractivity contribution in [1.82, 2.24) is 10.3 Å². The Morgan fingerprint density at radius 1 is 1.24 bits per heavy atom. The fraction of sp³-hybridized carbons (Fsp3) is 0.533. The number of carbonyl (C=O) groups excluding carboxylic acids is 2. The van der Waals surface area contributed by atoms with E-state index in [-0.39, 0.29) is 11.9 Å². The fourth-order valence-electron chi connectivity index (χ4n) is 3.00. The zero-order valence-electron chi connectivity index (χ0n) is 12.3. The number of carbonyl (C=O) groups is 2. The van der Waals surface area contributed by atoms with Crippen LogP contribution in [0.5, 0.6) is 0 Å². The van der Waals surface area contributed by atoms with E-state index in [1.54, 1.807) is 25.4 Å². The minimum atomic E-state index is -0.184. The van der Waals surface area contributed by atoms with Gasteiger partial charge in [-0.25, -0.2) is 9.78 Å². The zero-order valence-corrected chi connectivity index (χ0v) is 12.3. The van der Waals surface area contributed by atoms with Gasteiger partial charge in [0, 0.05) is 20.0 Å². The van der Waals surface area contributed by atoms with Gasteiger partial charge in [0.2, 0.25) is 5.91 Å². The highest BCUT2D eigenvalue weighted by atomic mass is 16.2. The number of nitrogens with one attached hydrogen (secondary N) is 2. The molecule has 0 radical (unpaired) electrons.